The van der Waals surface area contributed by atoms with Crippen molar-refractivity contribution in [3.8, 4) is 11.8 Å². The molecule has 0 aliphatic carbocycles. The SMILES string of the molecule is CC(C)c1ncc(C#CC(F)F)s1. The van der Waals surface area contributed by atoms with E-state index in [0.29, 0.717) is 10.8 Å². The Kier molecular flexibility index (Phi) is 3.38. The van der Waals surface area contributed by atoms with E-state index in [2.05, 4.69) is 10.9 Å². The number of rotatable bonds is 1. The quantitative estimate of drug-likeness (QED) is 0.637. The molecule has 1 rings (SSSR count). The minimum atomic E-state index is -2.57. The average Bonchev–Trinajstić information content (AvgIpc) is 2.48. The Hall–Kier alpha value is -0.950. The molecule has 0 saturated carbocycles. The van der Waals surface area contributed by atoms with Crippen molar-refractivity contribution in [3.63, 3.8) is 0 Å². The van der Waals surface area contributed by atoms with Gasteiger partial charge in [-0.3, -0.25) is 0 Å². The van der Waals surface area contributed by atoms with Gasteiger partial charge in [-0.1, -0.05) is 13.8 Å². The number of hydrogen-bond acceptors (Lipinski definition) is 2. The third kappa shape index (κ3) is 3.11. The molecule has 0 saturated heterocycles. The standard InChI is InChI=1S/C9H9F2NS/c1-6(2)9-12-5-7(13-9)3-4-8(10)11/h5-6,8H,1-2H3. The van der Waals surface area contributed by atoms with Crippen molar-refractivity contribution >= 4 is 11.3 Å². The lowest BCUT2D eigenvalue weighted by Gasteiger charge is -1.94. The summed E-state index contributed by atoms with van der Waals surface area (Å²) in [7, 11) is 0. The van der Waals surface area contributed by atoms with Crippen molar-refractivity contribution in [2.75, 3.05) is 0 Å². The Labute approximate surface area is 79.8 Å². The van der Waals surface area contributed by atoms with Gasteiger partial charge in [0.05, 0.1) is 16.1 Å². The smallest absolute Gasteiger partial charge is 0.248 e. The Balaban J connectivity index is 2.77. The first-order chi connectivity index (χ1) is 6.09. The van der Waals surface area contributed by atoms with Crippen LogP contribution in [0.2, 0.25) is 0 Å². The number of alkyl halides is 2. The summed E-state index contributed by atoms with van der Waals surface area (Å²) in [5, 5.41) is 0.929. The van der Waals surface area contributed by atoms with E-state index in [1.807, 2.05) is 13.8 Å². The fourth-order valence-corrected chi connectivity index (χ4v) is 1.52. The summed E-state index contributed by atoms with van der Waals surface area (Å²) in [6.07, 6.45) is -1.03. The van der Waals surface area contributed by atoms with Crippen molar-refractivity contribution < 1.29 is 8.78 Å². The molecular weight excluding hydrogens is 192 g/mol. The minimum Gasteiger partial charge on any atom is -0.248 e. The van der Waals surface area contributed by atoms with Gasteiger partial charge in [-0.05, 0) is 11.8 Å². The molecule has 0 spiro atoms. The Morgan fingerprint density at radius 3 is 2.62 bits per heavy atom. The minimum absolute atomic E-state index is 0.326. The maximum absolute atomic E-state index is 11.7. The van der Waals surface area contributed by atoms with E-state index in [1.165, 1.54) is 17.5 Å². The molecule has 0 radical (unpaired) electrons. The third-order valence-corrected chi connectivity index (χ3v) is 2.54. The third-order valence-electron chi connectivity index (χ3n) is 1.32. The van der Waals surface area contributed by atoms with Crippen LogP contribution in [0.1, 0.15) is 29.7 Å². The number of halogens is 2. The molecule has 0 amide bonds. The van der Waals surface area contributed by atoms with Gasteiger partial charge in [-0.25, -0.2) is 4.98 Å². The first-order valence-electron chi connectivity index (χ1n) is 3.85. The number of aromatic nitrogens is 1. The lowest BCUT2D eigenvalue weighted by Crippen LogP contribution is -1.81. The van der Waals surface area contributed by atoms with Gasteiger partial charge in [0.15, 0.2) is 0 Å². The summed E-state index contributed by atoms with van der Waals surface area (Å²) in [5.41, 5.74) is 0. The van der Waals surface area contributed by atoms with Crippen LogP contribution in [0.4, 0.5) is 8.78 Å². The highest BCUT2D eigenvalue weighted by molar-refractivity contribution is 7.12. The lowest BCUT2D eigenvalue weighted by molar-refractivity contribution is 0.215. The van der Waals surface area contributed by atoms with Crippen LogP contribution in [0.25, 0.3) is 0 Å². The summed E-state index contributed by atoms with van der Waals surface area (Å²) in [4.78, 5) is 4.67. The highest BCUT2D eigenvalue weighted by Gasteiger charge is 2.03. The van der Waals surface area contributed by atoms with Crippen LogP contribution < -0.4 is 0 Å². The van der Waals surface area contributed by atoms with Crippen LogP contribution in [0.3, 0.4) is 0 Å². The zero-order chi connectivity index (χ0) is 9.84. The van der Waals surface area contributed by atoms with Crippen LogP contribution in [0.15, 0.2) is 6.20 Å². The Bertz CT molecular complexity index is 333. The Morgan fingerprint density at radius 1 is 1.46 bits per heavy atom. The zero-order valence-electron chi connectivity index (χ0n) is 7.34. The molecule has 1 aromatic rings. The van der Waals surface area contributed by atoms with Gasteiger partial charge in [-0.15, -0.1) is 11.3 Å². The van der Waals surface area contributed by atoms with Crippen molar-refractivity contribution in [3.05, 3.63) is 16.1 Å². The van der Waals surface area contributed by atoms with Gasteiger partial charge in [-0.2, -0.15) is 8.78 Å². The highest BCUT2D eigenvalue weighted by Crippen LogP contribution is 2.20. The second-order valence-electron chi connectivity index (χ2n) is 2.79. The summed E-state index contributed by atoms with van der Waals surface area (Å²) < 4.78 is 23.4. The number of thiazole rings is 1. The second-order valence-corrected chi connectivity index (χ2v) is 3.85. The number of nitrogens with zero attached hydrogens (tertiary/aromatic N) is 1. The van der Waals surface area contributed by atoms with E-state index in [4.69, 9.17) is 0 Å². The van der Waals surface area contributed by atoms with Crippen LogP contribution in [0.5, 0.6) is 0 Å². The number of hydrogen-bond donors (Lipinski definition) is 0. The summed E-state index contributed by atoms with van der Waals surface area (Å²) in [6.45, 7) is 4.01. The van der Waals surface area contributed by atoms with Gasteiger partial charge < -0.3 is 0 Å². The molecule has 0 aliphatic heterocycles. The van der Waals surface area contributed by atoms with Crippen molar-refractivity contribution in [1.82, 2.24) is 4.98 Å². The topological polar surface area (TPSA) is 12.9 Å². The van der Waals surface area contributed by atoms with Crippen LogP contribution in [-0.4, -0.2) is 11.4 Å². The molecule has 0 aromatic carbocycles. The predicted octanol–water partition coefficient (Wildman–Crippen LogP) is 2.88. The van der Waals surface area contributed by atoms with E-state index < -0.39 is 6.43 Å². The van der Waals surface area contributed by atoms with Crippen LogP contribution >= 0.6 is 11.3 Å². The molecule has 0 fully saturated rings. The van der Waals surface area contributed by atoms with Gasteiger partial charge in [0, 0.05) is 5.92 Å². The first-order valence-corrected chi connectivity index (χ1v) is 4.66. The molecule has 0 N–H and O–H groups in total. The fraction of sp³-hybridized carbons (Fsp3) is 0.444. The highest BCUT2D eigenvalue weighted by atomic mass is 32.1. The Morgan fingerprint density at radius 2 is 2.15 bits per heavy atom. The lowest BCUT2D eigenvalue weighted by atomic mass is 10.2. The van der Waals surface area contributed by atoms with Gasteiger partial charge in [0.2, 0.25) is 0 Å². The molecular formula is C9H9F2NS. The molecule has 0 aliphatic rings. The van der Waals surface area contributed by atoms with E-state index in [0.717, 1.165) is 5.01 Å². The van der Waals surface area contributed by atoms with Crippen molar-refractivity contribution in [1.29, 1.82) is 0 Å². The zero-order valence-corrected chi connectivity index (χ0v) is 8.16. The monoisotopic (exact) mass is 201 g/mol. The van der Waals surface area contributed by atoms with Crippen molar-refractivity contribution in [2.24, 2.45) is 0 Å². The summed E-state index contributed by atoms with van der Waals surface area (Å²) in [5.74, 6) is 4.50. The molecule has 4 heteroatoms. The molecule has 1 heterocycles. The fourth-order valence-electron chi connectivity index (χ4n) is 0.738. The van der Waals surface area contributed by atoms with E-state index in [1.54, 1.807) is 5.92 Å². The first kappa shape index (κ1) is 10.1. The predicted molar refractivity (Wildman–Crippen MR) is 49.1 cm³/mol. The normalized spacial score (nSPS) is 10.3. The van der Waals surface area contributed by atoms with Crippen LogP contribution in [-0.2, 0) is 0 Å². The van der Waals surface area contributed by atoms with E-state index >= 15 is 0 Å². The largest absolute Gasteiger partial charge is 0.299 e. The van der Waals surface area contributed by atoms with Gasteiger partial charge in [0.1, 0.15) is 0 Å². The second kappa shape index (κ2) is 4.33. The van der Waals surface area contributed by atoms with E-state index in [-0.39, 0.29) is 0 Å². The average molecular weight is 201 g/mol. The van der Waals surface area contributed by atoms with Gasteiger partial charge >= 0.3 is 0 Å². The molecule has 0 unspecified atom stereocenters. The summed E-state index contributed by atoms with van der Waals surface area (Å²) >= 11 is 1.36. The van der Waals surface area contributed by atoms with Crippen molar-refractivity contribution in [2.45, 2.75) is 26.2 Å². The molecule has 0 bridgehead atoms. The van der Waals surface area contributed by atoms with Crippen LogP contribution in [0, 0.1) is 11.8 Å². The maximum Gasteiger partial charge on any atom is 0.299 e. The molecule has 1 nitrogen and oxygen atoms in total. The molecule has 1 aromatic heterocycles. The van der Waals surface area contributed by atoms with E-state index in [9.17, 15) is 8.78 Å². The molecule has 13 heavy (non-hydrogen) atoms. The van der Waals surface area contributed by atoms with Gasteiger partial charge in [0.25, 0.3) is 6.43 Å². The molecule has 0 atom stereocenters. The maximum atomic E-state index is 11.7. The molecule has 70 valence electrons. The summed E-state index contributed by atoms with van der Waals surface area (Å²) in [6, 6.07) is 0.